The second-order valence-electron chi connectivity index (χ2n) is 5.99. The zero-order valence-electron chi connectivity index (χ0n) is 13.7. The van der Waals surface area contributed by atoms with Crippen molar-refractivity contribution < 1.29 is 23.8 Å². The van der Waals surface area contributed by atoms with E-state index in [-0.39, 0.29) is 17.2 Å². The van der Waals surface area contributed by atoms with Gasteiger partial charge in [0, 0.05) is 13.1 Å². The molecular weight excluding hydrogens is 325 g/mol. The lowest BCUT2D eigenvalue weighted by Gasteiger charge is -2.31. The fourth-order valence-electron chi connectivity index (χ4n) is 2.92. The minimum atomic E-state index is -0.998. The van der Waals surface area contributed by atoms with Crippen molar-refractivity contribution in [1.29, 1.82) is 0 Å². The summed E-state index contributed by atoms with van der Waals surface area (Å²) in [4.78, 5) is 25.3. The minimum absolute atomic E-state index is 0.0360. The molecule has 1 unspecified atom stereocenters. The number of carboxylic acid groups (broad SMARTS) is 1. The lowest BCUT2D eigenvalue weighted by Crippen LogP contribution is -2.43. The molecule has 1 aliphatic heterocycles. The summed E-state index contributed by atoms with van der Waals surface area (Å²) in [5.74, 6) is -1.73. The van der Waals surface area contributed by atoms with Gasteiger partial charge >= 0.3 is 5.97 Å². The van der Waals surface area contributed by atoms with Crippen LogP contribution >= 0.6 is 0 Å². The number of hydrogen-bond acceptors (Lipinski definition) is 3. The largest absolute Gasteiger partial charge is 0.478 e. The number of hydrogen-bond donors (Lipinski definition) is 1. The number of carbonyl (C=O) groups is 2. The van der Waals surface area contributed by atoms with Crippen LogP contribution in [0, 0.1) is 5.82 Å². The number of carbonyl (C=O) groups excluding carboxylic acids is 1. The van der Waals surface area contributed by atoms with Crippen molar-refractivity contribution in [2.24, 2.45) is 0 Å². The van der Waals surface area contributed by atoms with E-state index in [1.165, 1.54) is 12.1 Å². The highest BCUT2D eigenvalue weighted by Gasteiger charge is 2.26. The van der Waals surface area contributed by atoms with Gasteiger partial charge in [0.2, 0.25) is 0 Å². The number of halogens is 1. The molecule has 0 aromatic heterocycles. The van der Waals surface area contributed by atoms with Gasteiger partial charge in [-0.2, -0.15) is 0 Å². The van der Waals surface area contributed by atoms with Crippen LogP contribution in [0.5, 0.6) is 5.75 Å². The number of amides is 1. The Morgan fingerprint density at radius 3 is 2.68 bits per heavy atom. The molecule has 1 atom stereocenters. The van der Waals surface area contributed by atoms with Gasteiger partial charge in [0.05, 0.1) is 5.56 Å². The highest BCUT2D eigenvalue weighted by molar-refractivity contribution is 5.88. The first kappa shape index (κ1) is 17.0. The Kier molecular flexibility index (Phi) is 4.70. The van der Waals surface area contributed by atoms with Gasteiger partial charge in [-0.05, 0) is 48.7 Å². The van der Waals surface area contributed by atoms with E-state index in [1.807, 2.05) is 0 Å². The topological polar surface area (TPSA) is 66.8 Å². The first-order chi connectivity index (χ1) is 12.0. The summed E-state index contributed by atoms with van der Waals surface area (Å²) in [5.41, 5.74) is 2.05. The summed E-state index contributed by atoms with van der Waals surface area (Å²) in [5, 5.41) is 9.10. The van der Waals surface area contributed by atoms with Crippen LogP contribution in [0.2, 0.25) is 0 Å². The van der Waals surface area contributed by atoms with Crippen molar-refractivity contribution in [3.63, 3.8) is 0 Å². The first-order valence-electron chi connectivity index (χ1n) is 8.01. The molecule has 2 aromatic carbocycles. The average Bonchev–Trinajstić information content (AvgIpc) is 2.62. The number of ether oxygens (including phenoxy) is 1. The van der Waals surface area contributed by atoms with E-state index in [4.69, 9.17) is 9.84 Å². The number of aromatic carboxylic acids is 1. The summed E-state index contributed by atoms with van der Waals surface area (Å²) < 4.78 is 19.1. The summed E-state index contributed by atoms with van der Waals surface area (Å²) >= 11 is 0. The van der Waals surface area contributed by atoms with Gasteiger partial charge in [0.25, 0.3) is 5.91 Å². The van der Waals surface area contributed by atoms with Crippen LogP contribution in [0.4, 0.5) is 4.39 Å². The quantitative estimate of drug-likeness (QED) is 0.927. The van der Waals surface area contributed by atoms with E-state index in [2.05, 4.69) is 0 Å². The fourth-order valence-corrected chi connectivity index (χ4v) is 2.92. The molecule has 25 heavy (non-hydrogen) atoms. The molecule has 2 aromatic rings. The van der Waals surface area contributed by atoms with Gasteiger partial charge in [0.15, 0.2) is 17.7 Å². The second kappa shape index (κ2) is 6.93. The molecule has 0 spiro atoms. The number of fused-ring (bicyclic) bond motifs is 1. The van der Waals surface area contributed by atoms with Crippen LogP contribution in [0.3, 0.4) is 0 Å². The highest BCUT2D eigenvalue weighted by atomic mass is 19.1. The van der Waals surface area contributed by atoms with Crippen LogP contribution in [-0.4, -0.2) is 34.5 Å². The van der Waals surface area contributed by atoms with E-state index in [1.54, 1.807) is 42.2 Å². The van der Waals surface area contributed by atoms with E-state index < -0.39 is 17.9 Å². The van der Waals surface area contributed by atoms with Gasteiger partial charge in [-0.3, -0.25) is 4.79 Å². The van der Waals surface area contributed by atoms with Crippen LogP contribution in [0.25, 0.3) is 0 Å². The zero-order chi connectivity index (χ0) is 18.0. The van der Waals surface area contributed by atoms with Crippen molar-refractivity contribution in [2.75, 3.05) is 6.54 Å². The molecule has 0 saturated carbocycles. The monoisotopic (exact) mass is 343 g/mol. The summed E-state index contributed by atoms with van der Waals surface area (Å²) in [6.07, 6.45) is -0.186. The predicted octanol–water partition coefficient (Wildman–Crippen LogP) is 2.88. The van der Waals surface area contributed by atoms with Gasteiger partial charge < -0.3 is 14.7 Å². The molecule has 0 aliphatic carbocycles. The molecule has 0 radical (unpaired) electrons. The molecule has 6 heteroatoms. The smallest absolute Gasteiger partial charge is 0.335 e. The van der Waals surface area contributed by atoms with Crippen LogP contribution in [0.15, 0.2) is 42.5 Å². The number of nitrogens with zero attached hydrogens (tertiary/aromatic N) is 1. The Morgan fingerprint density at radius 1 is 1.20 bits per heavy atom. The predicted molar refractivity (Wildman–Crippen MR) is 89.0 cm³/mol. The molecule has 1 N–H and O–H groups in total. The lowest BCUT2D eigenvalue weighted by molar-refractivity contribution is -0.139. The number of rotatable bonds is 4. The third kappa shape index (κ3) is 3.63. The Balaban J connectivity index is 1.72. The maximum Gasteiger partial charge on any atom is 0.335 e. The van der Waals surface area contributed by atoms with Crippen LogP contribution in [-0.2, 0) is 17.8 Å². The maximum absolute atomic E-state index is 13.7. The maximum atomic E-state index is 13.7. The molecule has 5 nitrogen and oxygen atoms in total. The molecule has 130 valence electrons. The van der Waals surface area contributed by atoms with E-state index in [0.29, 0.717) is 19.5 Å². The second-order valence-corrected chi connectivity index (χ2v) is 5.99. The molecule has 0 saturated heterocycles. The van der Waals surface area contributed by atoms with Gasteiger partial charge in [0.1, 0.15) is 0 Å². The molecule has 1 aliphatic rings. The Morgan fingerprint density at radius 2 is 1.96 bits per heavy atom. The van der Waals surface area contributed by atoms with Gasteiger partial charge in [-0.1, -0.05) is 18.2 Å². The first-order valence-corrected chi connectivity index (χ1v) is 8.01. The number of carboxylic acids is 1. The fraction of sp³-hybridized carbons (Fsp3) is 0.263. The van der Waals surface area contributed by atoms with Crippen molar-refractivity contribution >= 4 is 11.9 Å². The van der Waals surface area contributed by atoms with Crippen molar-refractivity contribution in [2.45, 2.75) is 26.0 Å². The summed E-state index contributed by atoms with van der Waals surface area (Å²) in [6, 6.07) is 10.9. The molecule has 0 bridgehead atoms. The van der Waals surface area contributed by atoms with Crippen molar-refractivity contribution in [3.8, 4) is 5.75 Å². The molecule has 1 heterocycles. The van der Waals surface area contributed by atoms with Gasteiger partial charge in [-0.25, -0.2) is 9.18 Å². The molecule has 0 fully saturated rings. The van der Waals surface area contributed by atoms with E-state index in [9.17, 15) is 14.0 Å². The zero-order valence-corrected chi connectivity index (χ0v) is 13.7. The Bertz CT molecular complexity index is 821. The Hall–Kier alpha value is -2.89. The highest BCUT2D eigenvalue weighted by Crippen LogP contribution is 2.23. The number of benzene rings is 2. The van der Waals surface area contributed by atoms with E-state index >= 15 is 0 Å². The third-order valence-corrected chi connectivity index (χ3v) is 4.27. The lowest BCUT2D eigenvalue weighted by atomic mass is 9.97. The minimum Gasteiger partial charge on any atom is -0.478 e. The van der Waals surface area contributed by atoms with Crippen molar-refractivity contribution in [3.05, 3.63) is 65.0 Å². The normalized spacial score (nSPS) is 14.6. The van der Waals surface area contributed by atoms with E-state index in [0.717, 1.165) is 11.1 Å². The third-order valence-electron chi connectivity index (χ3n) is 4.27. The van der Waals surface area contributed by atoms with Crippen molar-refractivity contribution in [1.82, 2.24) is 4.90 Å². The molecule has 1 amide bonds. The van der Waals surface area contributed by atoms with Gasteiger partial charge in [-0.15, -0.1) is 0 Å². The molecular formula is C19H18FNO4. The SMILES string of the molecule is CC(Oc1ccccc1F)C(=O)N1CCc2ccc(C(=O)O)cc2C1. The average molecular weight is 343 g/mol. The molecule has 3 rings (SSSR count). The summed E-state index contributed by atoms with van der Waals surface area (Å²) in [7, 11) is 0. The van der Waals surface area contributed by atoms with Crippen LogP contribution < -0.4 is 4.74 Å². The standard InChI is InChI=1S/C19H18FNO4/c1-12(25-17-5-3-2-4-16(17)20)18(22)21-9-8-13-6-7-14(19(23)24)10-15(13)11-21/h2-7,10,12H,8-9,11H2,1H3,(H,23,24). The number of para-hydroxylation sites is 1. The Labute approximate surface area is 144 Å². The van der Waals surface area contributed by atoms with Crippen LogP contribution in [0.1, 0.15) is 28.4 Å². The summed E-state index contributed by atoms with van der Waals surface area (Å²) in [6.45, 7) is 2.42.